The van der Waals surface area contributed by atoms with Crippen LogP contribution in [0.5, 0.6) is 5.75 Å². The van der Waals surface area contributed by atoms with E-state index in [-0.39, 0.29) is 11.2 Å². The molecule has 4 rings (SSSR count). The van der Waals surface area contributed by atoms with Crippen molar-refractivity contribution in [2.75, 3.05) is 12.4 Å². The fraction of sp³-hybridized carbons (Fsp3) is 0.167. The highest BCUT2D eigenvalue weighted by Crippen LogP contribution is 2.31. The van der Waals surface area contributed by atoms with E-state index >= 15 is 0 Å². The van der Waals surface area contributed by atoms with E-state index < -0.39 is 0 Å². The van der Waals surface area contributed by atoms with Crippen molar-refractivity contribution >= 4 is 49.9 Å². The monoisotopic (exact) mass is 384 g/mol. The highest BCUT2D eigenvalue weighted by molar-refractivity contribution is 8.00. The number of nitrogens with zero attached hydrogens (tertiary/aromatic N) is 3. The van der Waals surface area contributed by atoms with Gasteiger partial charge in [0.25, 0.3) is 0 Å². The summed E-state index contributed by atoms with van der Waals surface area (Å²) in [7, 11) is 1.58. The molecule has 1 amide bonds. The Bertz CT molecular complexity index is 1090. The molecule has 2 aromatic heterocycles. The van der Waals surface area contributed by atoms with Crippen LogP contribution in [0.3, 0.4) is 0 Å². The zero-order chi connectivity index (χ0) is 18.1. The molecule has 0 bridgehead atoms. The van der Waals surface area contributed by atoms with E-state index in [1.54, 1.807) is 18.4 Å². The van der Waals surface area contributed by atoms with Crippen molar-refractivity contribution in [1.82, 2.24) is 14.6 Å². The zero-order valence-electron chi connectivity index (χ0n) is 14.2. The lowest BCUT2D eigenvalue weighted by Crippen LogP contribution is -2.23. The molecule has 26 heavy (non-hydrogen) atoms. The topological polar surface area (TPSA) is 68.5 Å². The molecule has 132 valence electrons. The number of amides is 1. The second-order valence-electron chi connectivity index (χ2n) is 5.62. The molecule has 2 heterocycles. The van der Waals surface area contributed by atoms with E-state index in [1.807, 2.05) is 53.8 Å². The predicted molar refractivity (Wildman–Crippen MR) is 105 cm³/mol. The van der Waals surface area contributed by atoms with Gasteiger partial charge >= 0.3 is 0 Å². The summed E-state index contributed by atoms with van der Waals surface area (Å²) in [5, 5.41) is 11.8. The second kappa shape index (κ2) is 6.97. The summed E-state index contributed by atoms with van der Waals surface area (Å²) in [4.78, 5) is 13.4. The molecule has 2 aromatic carbocycles. The lowest BCUT2D eigenvalue weighted by molar-refractivity contribution is -0.115. The van der Waals surface area contributed by atoms with Gasteiger partial charge in [-0.1, -0.05) is 47.4 Å². The molecular weight excluding hydrogens is 368 g/mol. The molecule has 0 spiro atoms. The molecule has 0 fully saturated rings. The third-order valence-corrected chi connectivity index (χ3v) is 5.98. The van der Waals surface area contributed by atoms with E-state index in [0.717, 1.165) is 15.2 Å². The maximum absolute atomic E-state index is 12.6. The van der Waals surface area contributed by atoms with Crippen molar-refractivity contribution in [3.63, 3.8) is 0 Å². The highest BCUT2D eigenvalue weighted by Gasteiger charge is 2.20. The Morgan fingerprint density at radius 2 is 1.96 bits per heavy atom. The summed E-state index contributed by atoms with van der Waals surface area (Å²) in [6.45, 7) is 1.85. The molecule has 0 unspecified atom stereocenters. The van der Waals surface area contributed by atoms with Gasteiger partial charge in [0.15, 0.2) is 5.16 Å². The minimum atomic E-state index is -0.342. The van der Waals surface area contributed by atoms with Gasteiger partial charge in [-0.3, -0.25) is 9.20 Å². The second-order valence-corrected chi connectivity index (χ2v) is 7.94. The first-order valence-corrected chi connectivity index (χ1v) is 9.70. The number of methoxy groups -OCH3 is 1. The van der Waals surface area contributed by atoms with E-state index in [9.17, 15) is 4.79 Å². The molecule has 1 N–H and O–H groups in total. The number of hydrogen-bond donors (Lipinski definition) is 1. The molecule has 0 saturated heterocycles. The van der Waals surface area contributed by atoms with Gasteiger partial charge in [-0.25, -0.2) is 0 Å². The molecule has 0 aliphatic heterocycles. The Kier molecular flexibility index (Phi) is 4.52. The minimum Gasteiger partial charge on any atom is -0.495 e. The number of benzene rings is 2. The van der Waals surface area contributed by atoms with Crippen LogP contribution in [0.15, 0.2) is 53.7 Å². The first-order valence-electron chi connectivity index (χ1n) is 8.00. The quantitative estimate of drug-likeness (QED) is 0.525. The van der Waals surface area contributed by atoms with E-state index in [1.165, 1.54) is 11.8 Å². The van der Waals surface area contributed by atoms with Gasteiger partial charge in [0, 0.05) is 0 Å². The fourth-order valence-electron chi connectivity index (χ4n) is 2.63. The Morgan fingerprint density at radius 3 is 2.81 bits per heavy atom. The molecule has 0 aliphatic carbocycles. The largest absolute Gasteiger partial charge is 0.495 e. The fourth-order valence-corrected chi connectivity index (χ4v) is 4.51. The first-order chi connectivity index (χ1) is 12.7. The smallest absolute Gasteiger partial charge is 0.237 e. The van der Waals surface area contributed by atoms with Gasteiger partial charge in [0.05, 0.1) is 28.3 Å². The summed E-state index contributed by atoms with van der Waals surface area (Å²) in [6.07, 6.45) is 0. The van der Waals surface area contributed by atoms with E-state index in [0.29, 0.717) is 16.6 Å². The van der Waals surface area contributed by atoms with Gasteiger partial charge in [-0.2, -0.15) is 0 Å². The van der Waals surface area contributed by atoms with Crippen LogP contribution in [0.25, 0.3) is 15.2 Å². The average Bonchev–Trinajstić information content (AvgIpc) is 3.22. The maximum atomic E-state index is 12.6. The Labute approximate surface area is 158 Å². The molecule has 1 atom stereocenters. The molecule has 6 nitrogen and oxygen atoms in total. The Morgan fingerprint density at radius 1 is 1.19 bits per heavy atom. The molecule has 4 aromatic rings. The van der Waals surface area contributed by atoms with Crippen LogP contribution in [0, 0.1) is 0 Å². The number of ether oxygens (including phenoxy) is 1. The first kappa shape index (κ1) is 16.9. The number of carbonyl (C=O) groups is 1. The number of para-hydroxylation sites is 3. The lowest BCUT2D eigenvalue weighted by Gasteiger charge is -2.13. The van der Waals surface area contributed by atoms with Crippen molar-refractivity contribution in [1.29, 1.82) is 0 Å². The van der Waals surface area contributed by atoms with Gasteiger partial charge in [-0.05, 0) is 31.2 Å². The number of fused-ring (bicyclic) bond motifs is 3. The molecule has 0 radical (unpaired) electrons. The number of carbonyl (C=O) groups excluding carboxylic acids is 1. The van der Waals surface area contributed by atoms with Crippen molar-refractivity contribution < 1.29 is 9.53 Å². The third kappa shape index (κ3) is 3.02. The average molecular weight is 384 g/mol. The highest BCUT2D eigenvalue weighted by atomic mass is 32.2. The van der Waals surface area contributed by atoms with Crippen LogP contribution in [0.4, 0.5) is 5.69 Å². The zero-order valence-corrected chi connectivity index (χ0v) is 15.8. The standard InChI is InChI=1S/C18H16N4O2S2/c1-11(16(23)19-12-7-3-5-9-14(12)24-2)25-17-20-21-18-22(17)13-8-4-6-10-15(13)26-18/h3-11H,1-2H3,(H,19,23)/t11-/m0/s1. The molecule has 8 heteroatoms. The van der Waals surface area contributed by atoms with Gasteiger partial charge in [0.1, 0.15) is 5.75 Å². The van der Waals surface area contributed by atoms with Crippen LogP contribution in [0.1, 0.15) is 6.92 Å². The van der Waals surface area contributed by atoms with Crippen LogP contribution in [-0.4, -0.2) is 32.9 Å². The molecule has 0 aliphatic rings. The third-order valence-electron chi connectivity index (χ3n) is 3.93. The summed E-state index contributed by atoms with van der Waals surface area (Å²) < 4.78 is 8.42. The summed E-state index contributed by atoms with van der Waals surface area (Å²) >= 11 is 2.97. The summed E-state index contributed by atoms with van der Waals surface area (Å²) in [5.41, 5.74) is 1.71. The molecule has 0 saturated carbocycles. The van der Waals surface area contributed by atoms with Gasteiger partial charge < -0.3 is 10.1 Å². The number of rotatable bonds is 5. The number of thiazole rings is 1. The number of anilines is 1. The van der Waals surface area contributed by atoms with Crippen LogP contribution in [-0.2, 0) is 4.79 Å². The van der Waals surface area contributed by atoms with Crippen molar-refractivity contribution in [3.8, 4) is 5.75 Å². The van der Waals surface area contributed by atoms with E-state index in [4.69, 9.17) is 4.74 Å². The van der Waals surface area contributed by atoms with Crippen LogP contribution in [0.2, 0.25) is 0 Å². The minimum absolute atomic E-state index is 0.115. The predicted octanol–water partition coefficient (Wildman–Crippen LogP) is 4.07. The Hall–Kier alpha value is -2.58. The maximum Gasteiger partial charge on any atom is 0.237 e. The number of thioether (sulfide) groups is 1. The lowest BCUT2D eigenvalue weighted by atomic mass is 10.3. The van der Waals surface area contributed by atoms with Crippen molar-refractivity contribution in [2.24, 2.45) is 0 Å². The Balaban J connectivity index is 1.57. The number of aromatic nitrogens is 3. The van der Waals surface area contributed by atoms with Crippen LogP contribution >= 0.6 is 23.1 Å². The molecular formula is C18H16N4O2S2. The van der Waals surface area contributed by atoms with Crippen LogP contribution < -0.4 is 10.1 Å². The number of nitrogens with one attached hydrogen (secondary N) is 1. The van der Waals surface area contributed by atoms with Gasteiger partial charge in [-0.15, -0.1) is 10.2 Å². The summed E-state index contributed by atoms with van der Waals surface area (Å²) in [6, 6.07) is 15.4. The summed E-state index contributed by atoms with van der Waals surface area (Å²) in [5.74, 6) is 0.516. The van der Waals surface area contributed by atoms with Gasteiger partial charge in [0.2, 0.25) is 10.9 Å². The number of hydrogen-bond acceptors (Lipinski definition) is 6. The van der Waals surface area contributed by atoms with Crippen molar-refractivity contribution in [2.45, 2.75) is 17.3 Å². The van der Waals surface area contributed by atoms with Crippen molar-refractivity contribution in [3.05, 3.63) is 48.5 Å². The normalized spacial score (nSPS) is 12.4. The van der Waals surface area contributed by atoms with E-state index in [2.05, 4.69) is 21.6 Å². The SMILES string of the molecule is COc1ccccc1NC(=O)[C@H](C)Sc1nnc2sc3ccccc3n12.